The van der Waals surface area contributed by atoms with Crippen LogP contribution >= 0.6 is 0 Å². The summed E-state index contributed by atoms with van der Waals surface area (Å²) in [6.45, 7) is 12.0. The number of benzene rings is 9. The van der Waals surface area contributed by atoms with E-state index in [4.69, 9.17) is 11.1 Å². The lowest BCUT2D eigenvalue weighted by molar-refractivity contribution is 0.660. The first-order valence-electron chi connectivity index (χ1n) is 20.8. The molecule has 0 aliphatic heterocycles. The molecule has 0 bridgehead atoms. The van der Waals surface area contributed by atoms with Crippen molar-refractivity contribution in [2.45, 2.75) is 51.4 Å². The van der Waals surface area contributed by atoms with Crippen molar-refractivity contribution in [1.29, 1.82) is 5.41 Å². The minimum atomic E-state index is -0.140. The van der Waals surface area contributed by atoms with Crippen LogP contribution < -0.4 is 5.73 Å². The van der Waals surface area contributed by atoms with Crippen LogP contribution in [0.2, 0.25) is 0 Å². The van der Waals surface area contributed by atoms with Crippen molar-refractivity contribution in [3.63, 3.8) is 0 Å². The molecule has 0 fully saturated rings. The molecule has 0 aromatic heterocycles. The molecule has 0 spiro atoms. The second kappa shape index (κ2) is 13.7. The molecule has 9 aromatic rings. The summed E-state index contributed by atoms with van der Waals surface area (Å²) in [4.78, 5) is 0. The van der Waals surface area contributed by atoms with E-state index in [9.17, 15) is 0 Å². The zero-order chi connectivity index (χ0) is 40.6. The Morgan fingerprint density at radius 2 is 0.898 bits per heavy atom. The van der Waals surface area contributed by atoms with E-state index in [-0.39, 0.29) is 22.6 Å². The van der Waals surface area contributed by atoms with Gasteiger partial charge >= 0.3 is 0 Å². The van der Waals surface area contributed by atoms with E-state index in [1.165, 1.54) is 99.1 Å². The monoisotopic (exact) mass is 760 g/mol. The summed E-state index contributed by atoms with van der Waals surface area (Å²) in [6.07, 6.45) is 0. The molecule has 0 saturated heterocycles. The number of nitrogens with one attached hydrogen (secondary N) is 1. The van der Waals surface area contributed by atoms with Gasteiger partial charge in [0.2, 0.25) is 0 Å². The molecule has 59 heavy (non-hydrogen) atoms. The molecule has 2 nitrogen and oxygen atoms in total. The van der Waals surface area contributed by atoms with E-state index in [0.717, 1.165) is 5.56 Å². The first kappa shape index (κ1) is 36.6. The summed E-state index contributed by atoms with van der Waals surface area (Å²) in [5.41, 5.74) is 22.4. The number of nitrogen functional groups attached to an aromatic ring is 1. The van der Waals surface area contributed by atoms with Gasteiger partial charge in [0.1, 0.15) is 5.84 Å². The number of rotatable bonds is 4. The van der Waals surface area contributed by atoms with E-state index in [2.05, 4.69) is 180 Å². The average molecular weight is 761 g/mol. The van der Waals surface area contributed by atoms with Crippen molar-refractivity contribution >= 4 is 38.2 Å². The second-order valence-corrected chi connectivity index (χ2v) is 17.4. The van der Waals surface area contributed by atoms with Crippen molar-refractivity contribution in [2.24, 2.45) is 5.73 Å². The van der Waals surface area contributed by atoms with Gasteiger partial charge in [-0.1, -0.05) is 204 Å². The zero-order valence-electron chi connectivity index (χ0n) is 34.4. The van der Waals surface area contributed by atoms with Crippen LogP contribution in [0.1, 0.15) is 79.5 Å². The van der Waals surface area contributed by atoms with Crippen LogP contribution in [0, 0.1) is 5.41 Å². The summed E-state index contributed by atoms with van der Waals surface area (Å²) in [7, 11) is 0. The molecule has 0 saturated carbocycles. The van der Waals surface area contributed by atoms with E-state index >= 15 is 0 Å². The maximum Gasteiger partial charge on any atom is 0.122 e. The van der Waals surface area contributed by atoms with E-state index < -0.39 is 0 Å². The van der Waals surface area contributed by atoms with Crippen LogP contribution in [0.25, 0.3) is 65.7 Å². The Hall–Kier alpha value is -6.77. The zero-order valence-corrected chi connectivity index (χ0v) is 34.4. The fraction of sp³-hybridized carbons (Fsp3) is 0.140. The van der Waals surface area contributed by atoms with Gasteiger partial charge in [0.25, 0.3) is 0 Å². The third-order valence-corrected chi connectivity index (χ3v) is 13.4. The lowest BCUT2D eigenvalue weighted by atomic mass is 9.76. The van der Waals surface area contributed by atoms with Crippen LogP contribution in [-0.4, -0.2) is 5.84 Å². The molecule has 1 atom stereocenters. The third-order valence-electron chi connectivity index (χ3n) is 13.4. The predicted octanol–water partition coefficient (Wildman–Crippen LogP) is 14.5. The molecule has 2 heteroatoms. The van der Waals surface area contributed by atoms with Crippen molar-refractivity contribution in [3.05, 3.63) is 215 Å². The lowest BCUT2D eigenvalue weighted by Gasteiger charge is -2.26. The molecule has 2 aliphatic carbocycles. The Balaban J connectivity index is 0.000000416. The van der Waals surface area contributed by atoms with Gasteiger partial charge in [-0.15, -0.1) is 0 Å². The third kappa shape index (κ3) is 5.50. The summed E-state index contributed by atoms with van der Waals surface area (Å²) < 4.78 is 0. The normalized spacial score (nSPS) is 14.5. The highest BCUT2D eigenvalue weighted by Crippen LogP contribution is 2.59. The van der Waals surface area contributed by atoms with E-state index in [0.29, 0.717) is 0 Å². The maximum absolute atomic E-state index is 7.01. The van der Waals surface area contributed by atoms with Crippen molar-refractivity contribution in [3.8, 4) is 33.4 Å². The SMILES string of the molecule is CC(c1ccccc1)c1c2ccccc2c(-c2cc3c(c4c5c(ccc24)C(C)(C)c2ccccc2-5)-c2ccccc2C3(C)C)c2ccccc12.N=C(N)c1ccccc1. The Morgan fingerprint density at radius 1 is 0.441 bits per heavy atom. The van der Waals surface area contributed by atoms with Gasteiger partial charge in [0.15, 0.2) is 0 Å². The molecule has 3 N–H and O–H groups in total. The summed E-state index contributed by atoms with van der Waals surface area (Å²) >= 11 is 0. The summed E-state index contributed by atoms with van der Waals surface area (Å²) in [5.74, 6) is 0.364. The van der Waals surface area contributed by atoms with Gasteiger partial charge in [0, 0.05) is 22.3 Å². The van der Waals surface area contributed by atoms with Gasteiger partial charge in [-0.25, -0.2) is 0 Å². The standard InChI is InChI=1S/C50H40.C7H8N2/c1-30(31-17-7-6-8-18-31)44-32-19-9-11-21-34(32)45(35-22-12-10-20-33(35)44)39-29-43-47(38-24-14-16-26-41(38)50(43,4)5)48-36(39)27-28-42-46(48)37-23-13-15-25-40(37)49(42,2)3;8-7(9)6-4-2-1-3-5-6/h6-30H,1-5H3;1-5H,(H3,8,9). The predicted molar refractivity (Wildman–Crippen MR) is 251 cm³/mol. The largest absolute Gasteiger partial charge is 0.384 e. The van der Waals surface area contributed by atoms with Crippen molar-refractivity contribution in [2.75, 3.05) is 0 Å². The average Bonchev–Trinajstić information content (AvgIpc) is 3.65. The van der Waals surface area contributed by atoms with Gasteiger partial charge in [-0.3, -0.25) is 5.41 Å². The molecule has 286 valence electrons. The van der Waals surface area contributed by atoms with E-state index in [1.54, 1.807) is 0 Å². The molecule has 9 aromatic carbocycles. The van der Waals surface area contributed by atoms with Crippen molar-refractivity contribution < 1.29 is 0 Å². The Bertz CT molecular complexity index is 3060. The molecule has 2 aliphatic rings. The van der Waals surface area contributed by atoms with Gasteiger partial charge < -0.3 is 5.73 Å². The lowest BCUT2D eigenvalue weighted by Crippen LogP contribution is -2.15. The topological polar surface area (TPSA) is 49.9 Å². The van der Waals surface area contributed by atoms with Crippen LogP contribution in [0.4, 0.5) is 0 Å². The minimum absolute atomic E-state index is 0.0781. The van der Waals surface area contributed by atoms with Crippen LogP contribution in [0.3, 0.4) is 0 Å². The van der Waals surface area contributed by atoms with Crippen LogP contribution in [0.15, 0.2) is 176 Å². The number of amidine groups is 1. The summed E-state index contributed by atoms with van der Waals surface area (Å²) in [5, 5.41) is 15.1. The highest BCUT2D eigenvalue weighted by molar-refractivity contribution is 6.23. The van der Waals surface area contributed by atoms with Gasteiger partial charge in [-0.2, -0.15) is 0 Å². The number of fused-ring (bicyclic) bond motifs is 11. The van der Waals surface area contributed by atoms with Gasteiger partial charge in [-0.05, 0) is 105 Å². The molecule has 0 heterocycles. The van der Waals surface area contributed by atoms with Gasteiger partial charge in [0.05, 0.1) is 0 Å². The highest BCUT2D eigenvalue weighted by Gasteiger charge is 2.42. The molecule has 11 rings (SSSR count). The fourth-order valence-corrected chi connectivity index (χ4v) is 10.5. The first-order valence-corrected chi connectivity index (χ1v) is 20.8. The minimum Gasteiger partial charge on any atom is -0.384 e. The molecule has 1 unspecified atom stereocenters. The van der Waals surface area contributed by atoms with Crippen LogP contribution in [-0.2, 0) is 10.8 Å². The summed E-state index contributed by atoms with van der Waals surface area (Å²) in [6, 6.07) is 64.3. The second-order valence-electron chi connectivity index (χ2n) is 17.4. The molecular formula is C57H48N2. The highest BCUT2D eigenvalue weighted by atomic mass is 14.7. The number of hydrogen-bond acceptors (Lipinski definition) is 1. The Morgan fingerprint density at radius 3 is 1.44 bits per heavy atom. The smallest absolute Gasteiger partial charge is 0.122 e. The Kier molecular flexibility index (Phi) is 8.47. The molecular weight excluding hydrogens is 713 g/mol. The number of hydrogen-bond donors (Lipinski definition) is 2. The number of nitrogens with two attached hydrogens (primary N) is 1. The first-order chi connectivity index (χ1) is 28.6. The quantitative estimate of drug-likeness (QED) is 0.105. The van der Waals surface area contributed by atoms with Crippen molar-refractivity contribution in [1.82, 2.24) is 0 Å². The fourth-order valence-electron chi connectivity index (χ4n) is 10.5. The Labute approximate surface area is 347 Å². The molecule has 0 amide bonds. The molecule has 0 radical (unpaired) electrons. The van der Waals surface area contributed by atoms with E-state index in [1.807, 2.05) is 30.3 Å². The maximum atomic E-state index is 7.01. The van der Waals surface area contributed by atoms with Crippen LogP contribution in [0.5, 0.6) is 0 Å².